The highest BCUT2D eigenvalue weighted by molar-refractivity contribution is 7.08. The van der Waals surface area contributed by atoms with Crippen molar-refractivity contribution in [3.05, 3.63) is 34.8 Å². The summed E-state index contributed by atoms with van der Waals surface area (Å²) in [4.78, 5) is 12.9. The summed E-state index contributed by atoms with van der Waals surface area (Å²) in [5, 5.41) is 5.65. The molecular formula is C17H17N3O2S. The zero-order valence-electron chi connectivity index (χ0n) is 13.1. The van der Waals surface area contributed by atoms with E-state index in [-0.39, 0.29) is 5.97 Å². The van der Waals surface area contributed by atoms with Gasteiger partial charge in [-0.1, -0.05) is 18.2 Å². The van der Waals surface area contributed by atoms with Gasteiger partial charge in [0, 0.05) is 29.8 Å². The minimum Gasteiger partial charge on any atom is -0.462 e. The van der Waals surface area contributed by atoms with Crippen LogP contribution in [-0.2, 0) is 11.8 Å². The Bertz CT molecular complexity index is 893. The average Bonchev–Trinajstić information content (AvgIpc) is 3.15. The molecule has 0 radical (unpaired) electrons. The summed E-state index contributed by atoms with van der Waals surface area (Å²) in [5.74, 6) is 0.161. The topological polar surface area (TPSA) is 57.0 Å². The van der Waals surface area contributed by atoms with Crippen LogP contribution in [0.15, 0.2) is 24.4 Å². The third kappa shape index (κ3) is 2.43. The molecule has 1 aliphatic carbocycles. The van der Waals surface area contributed by atoms with Gasteiger partial charge in [-0.25, -0.2) is 4.79 Å². The SMILES string of the molecule is CCOC(=O)c1snc(-c2cccc3cn(C)nc23)c1C1CC1. The first-order valence-electron chi connectivity index (χ1n) is 7.78. The second kappa shape index (κ2) is 5.45. The molecule has 1 saturated carbocycles. The van der Waals surface area contributed by atoms with Crippen LogP contribution in [0.5, 0.6) is 0 Å². The van der Waals surface area contributed by atoms with Crippen LogP contribution in [0.3, 0.4) is 0 Å². The van der Waals surface area contributed by atoms with Crippen molar-refractivity contribution in [2.75, 3.05) is 6.61 Å². The molecule has 0 saturated heterocycles. The van der Waals surface area contributed by atoms with Crippen molar-refractivity contribution >= 4 is 28.4 Å². The number of esters is 1. The summed E-state index contributed by atoms with van der Waals surface area (Å²) >= 11 is 1.24. The van der Waals surface area contributed by atoms with Crippen LogP contribution in [0.4, 0.5) is 0 Å². The Morgan fingerprint density at radius 1 is 1.43 bits per heavy atom. The lowest BCUT2D eigenvalue weighted by Gasteiger charge is -2.05. The number of aromatic nitrogens is 3. The van der Waals surface area contributed by atoms with E-state index in [1.54, 1.807) is 0 Å². The number of carbonyl (C=O) groups is 1. The minimum atomic E-state index is -0.258. The monoisotopic (exact) mass is 327 g/mol. The van der Waals surface area contributed by atoms with E-state index in [0.717, 1.165) is 40.6 Å². The molecule has 0 atom stereocenters. The molecule has 2 aromatic heterocycles. The van der Waals surface area contributed by atoms with Crippen molar-refractivity contribution in [2.45, 2.75) is 25.7 Å². The van der Waals surface area contributed by atoms with Gasteiger partial charge in [-0.15, -0.1) is 0 Å². The van der Waals surface area contributed by atoms with E-state index in [0.29, 0.717) is 17.4 Å². The highest BCUT2D eigenvalue weighted by Gasteiger charge is 2.34. The smallest absolute Gasteiger partial charge is 0.350 e. The third-order valence-electron chi connectivity index (χ3n) is 4.08. The van der Waals surface area contributed by atoms with Gasteiger partial charge in [0.2, 0.25) is 0 Å². The third-order valence-corrected chi connectivity index (χ3v) is 4.92. The van der Waals surface area contributed by atoms with E-state index in [9.17, 15) is 4.79 Å². The molecule has 5 nitrogen and oxygen atoms in total. The number of rotatable bonds is 4. The van der Waals surface area contributed by atoms with E-state index in [1.165, 1.54) is 11.5 Å². The fraction of sp³-hybridized carbons (Fsp3) is 0.353. The summed E-state index contributed by atoms with van der Waals surface area (Å²) in [6.07, 6.45) is 4.21. The zero-order chi connectivity index (χ0) is 16.0. The van der Waals surface area contributed by atoms with Gasteiger partial charge in [0.1, 0.15) is 10.4 Å². The van der Waals surface area contributed by atoms with Crippen molar-refractivity contribution in [3.63, 3.8) is 0 Å². The molecule has 0 amide bonds. The molecule has 0 N–H and O–H groups in total. The Morgan fingerprint density at radius 3 is 3.00 bits per heavy atom. The van der Waals surface area contributed by atoms with E-state index >= 15 is 0 Å². The molecular weight excluding hydrogens is 310 g/mol. The molecule has 4 rings (SSSR count). The lowest BCUT2D eigenvalue weighted by molar-refractivity contribution is 0.0531. The standard InChI is InChI=1S/C17H17N3O2S/c1-3-22-17(21)16-13(10-7-8-10)15(19-23-16)12-6-4-5-11-9-20(2)18-14(11)12/h4-6,9-10H,3,7-8H2,1-2H3. The number of benzene rings is 1. The van der Waals surface area contributed by atoms with Gasteiger partial charge in [0.15, 0.2) is 0 Å². The lowest BCUT2D eigenvalue weighted by Crippen LogP contribution is -2.05. The normalized spacial score (nSPS) is 14.3. The number of aryl methyl sites for hydroxylation is 1. The van der Waals surface area contributed by atoms with Crippen molar-refractivity contribution in [1.29, 1.82) is 0 Å². The van der Waals surface area contributed by atoms with Crippen LogP contribution in [-0.4, -0.2) is 26.7 Å². The molecule has 2 heterocycles. The van der Waals surface area contributed by atoms with Crippen LogP contribution in [0.1, 0.15) is 40.9 Å². The number of hydrogen-bond donors (Lipinski definition) is 0. The minimum absolute atomic E-state index is 0.258. The molecule has 3 aromatic rings. The van der Waals surface area contributed by atoms with Crippen LogP contribution in [0, 0.1) is 0 Å². The molecule has 118 valence electrons. The van der Waals surface area contributed by atoms with Gasteiger partial charge in [-0.05, 0) is 37.2 Å². The van der Waals surface area contributed by atoms with Crippen LogP contribution >= 0.6 is 11.5 Å². The van der Waals surface area contributed by atoms with Crippen LogP contribution in [0.2, 0.25) is 0 Å². The molecule has 0 spiro atoms. The molecule has 0 bridgehead atoms. The largest absolute Gasteiger partial charge is 0.462 e. The van der Waals surface area contributed by atoms with E-state index in [4.69, 9.17) is 4.74 Å². The van der Waals surface area contributed by atoms with Gasteiger partial charge in [0.25, 0.3) is 0 Å². The molecule has 23 heavy (non-hydrogen) atoms. The van der Waals surface area contributed by atoms with Gasteiger partial charge in [-0.3, -0.25) is 4.68 Å². The number of fused-ring (bicyclic) bond motifs is 1. The number of carbonyl (C=O) groups excluding carboxylic acids is 1. The van der Waals surface area contributed by atoms with Crippen LogP contribution in [0.25, 0.3) is 22.2 Å². The first-order chi connectivity index (χ1) is 11.2. The molecule has 1 aromatic carbocycles. The Hall–Kier alpha value is -2.21. The predicted octanol–water partition coefficient (Wildman–Crippen LogP) is 3.75. The maximum absolute atomic E-state index is 12.2. The fourth-order valence-corrected chi connectivity index (χ4v) is 3.82. The zero-order valence-corrected chi connectivity index (χ0v) is 13.9. The maximum Gasteiger partial charge on any atom is 0.350 e. The summed E-state index contributed by atoms with van der Waals surface area (Å²) in [5.41, 5.74) is 3.87. The van der Waals surface area contributed by atoms with Gasteiger partial charge in [0.05, 0.1) is 12.3 Å². The lowest BCUT2D eigenvalue weighted by atomic mass is 10.0. The van der Waals surface area contributed by atoms with E-state index in [2.05, 4.69) is 9.47 Å². The highest BCUT2D eigenvalue weighted by atomic mass is 32.1. The second-order valence-electron chi connectivity index (χ2n) is 5.81. The second-order valence-corrected chi connectivity index (χ2v) is 6.59. The summed E-state index contributed by atoms with van der Waals surface area (Å²) in [6, 6.07) is 6.09. The Labute approximate surface area is 138 Å². The van der Waals surface area contributed by atoms with Crippen molar-refractivity contribution in [3.8, 4) is 11.3 Å². The summed E-state index contributed by atoms with van der Waals surface area (Å²) in [7, 11) is 1.91. The Morgan fingerprint density at radius 2 is 2.26 bits per heavy atom. The molecule has 1 aliphatic rings. The molecule has 6 heteroatoms. The quantitative estimate of drug-likeness (QED) is 0.685. The summed E-state index contributed by atoms with van der Waals surface area (Å²) in [6.45, 7) is 2.21. The van der Waals surface area contributed by atoms with E-state index < -0.39 is 0 Å². The number of ether oxygens (including phenoxy) is 1. The predicted molar refractivity (Wildman–Crippen MR) is 89.8 cm³/mol. The maximum atomic E-state index is 12.2. The van der Waals surface area contributed by atoms with Crippen molar-refractivity contribution in [2.24, 2.45) is 7.05 Å². The molecule has 0 aliphatic heterocycles. The average molecular weight is 327 g/mol. The van der Waals surface area contributed by atoms with Crippen molar-refractivity contribution in [1.82, 2.24) is 14.2 Å². The van der Waals surface area contributed by atoms with Crippen LogP contribution < -0.4 is 0 Å². The first-order valence-corrected chi connectivity index (χ1v) is 8.55. The Balaban J connectivity index is 1.89. The van der Waals surface area contributed by atoms with E-state index in [1.807, 2.05) is 43.0 Å². The fourth-order valence-electron chi connectivity index (χ4n) is 2.94. The number of hydrogen-bond acceptors (Lipinski definition) is 5. The molecule has 0 unspecified atom stereocenters. The summed E-state index contributed by atoms with van der Waals surface area (Å²) < 4.78 is 11.6. The van der Waals surface area contributed by atoms with Crippen molar-refractivity contribution < 1.29 is 9.53 Å². The first kappa shape index (κ1) is 14.4. The molecule has 1 fully saturated rings. The Kier molecular flexibility index (Phi) is 3.41. The van der Waals surface area contributed by atoms with Gasteiger partial charge in [-0.2, -0.15) is 9.47 Å². The van der Waals surface area contributed by atoms with Gasteiger partial charge >= 0.3 is 5.97 Å². The highest BCUT2D eigenvalue weighted by Crippen LogP contribution is 2.48. The number of nitrogens with zero attached hydrogens (tertiary/aromatic N) is 3. The van der Waals surface area contributed by atoms with Gasteiger partial charge < -0.3 is 4.74 Å².